The van der Waals surface area contributed by atoms with Crippen LogP contribution in [0.3, 0.4) is 0 Å². The lowest BCUT2D eigenvalue weighted by molar-refractivity contribution is -0.142. The third-order valence-corrected chi connectivity index (χ3v) is 6.79. The first-order valence-corrected chi connectivity index (χ1v) is 8.73. The zero-order valence-electron chi connectivity index (χ0n) is 11.9. The van der Waals surface area contributed by atoms with E-state index in [4.69, 9.17) is 4.74 Å². The number of rotatable bonds is 3. The van der Waals surface area contributed by atoms with E-state index in [-0.39, 0.29) is 16.8 Å². The van der Waals surface area contributed by atoms with E-state index in [9.17, 15) is 4.79 Å². The molecule has 20 heavy (non-hydrogen) atoms. The van der Waals surface area contributed by atoms with Gasteiger partial charge in [-0.25, -0.2) is 4.79 Å². The summed E-state index contributed by atoms with van der Waals surface area (Å²) in [5.74, 6) is 2.55. The number of thioether (sulfide) groups is 1. The van der Waals surface area contributed by atoms with Crippen LogP contribution in [0, 0.1) is 23.2 Å². The molecule has 0 saturated heterocycles. The van der Waals surface area contributed by atoms with Crippen molar-refractivity contribution in [1.82, 2.24) is 5.43 Å². The van der Waals surface area contributed by atoms with Crippen molar-refractivity contribution in [2.45, 2.75) is 50.8 Å². The molecule has 5 aliphatic rings. The van der Waals surface area contributed by atoms with Gasteiger partial charge in [0.25, 0.3) is 0 Å². The summed E-state index contributed by atoms with van der Waals surface area (Å²) in [5, 5.41) is 5.41. The van der Waals surface area contributed by atoms with Gasteiger partial charge in [-0.05, 0) is 63.2 Å². The third-order valence-electron chi connectivity index (χ3n) is 5.51. The fourth-order valence-corrected chi connectivity index (χ4v) is 6.31. The van der Waals surface area contributed by atoms with Gasteiger partial charge in [-0.3, -0.25) is 5.43 Å². The highest BCUT2D eigenvalue weighted by Gasteiger charge is 2.55. The number of hydrazone groups is 1. The van der Waals surface area contributed by atoms with Crippen LogP contribution in [0.5, 0.6) is 0 Å². The summed E-state index contributed by atoms with van der Waals surface area (Å²) in [5.41, 5.74) is 3.28. The SMILES string of the molecule is CCOC(=O)C1NN=C(C23CC4CC(CC(C4)C2)C3)S1. The van der Waals surface area contributed by atoms with Gasteiger partial charge in [0.15, 0.2) is 5.37 Å². The number of esters is 1. The van der Waals surface area contributed by atoms with Crippen molar-refractivity contribution in [3.8, 4) is 0 Å². The molecule has 1 unspecified atom stereocenters. The Labute approximate surface area is 124 Å². The van der Waals surface area contributed by atoms with Gasteiger partial charge in [-0.15, -0.1) is 0 Å². The first-order chi connectivity index (χ1) is 9.68. The van der Waals surface area contributed by atoms with Gasteiger partial charge in [-0.1, -0.05) is 11.8 Å². The molecule has 5 heteroatoms. The maximum Gasteiger partial charge on any atom is 0.341 e. The minimum Gasteiger partial charge on any atom is -0.464 e. The molecule has 0 aromatic rings. The van der Waals surface area contributed by atoms with Crippen LogP contribution in [0.2, 0.25) is 0 Å². The van der Waals surface area contributed by atoms with E-state index in [1.54, 1.807) is 11.8 Å². The Morgan fingerprint density at radius 3 is 2.45 bits per heavy atom. The Bertz CT molecular complexity index is 428. The maximum atomic E-state index is 11.8. The highest BCUT2D eigenvalue weighted by molar-refractivity contribution is 8.15. The lowest BCUT2D eigenvalue weighted by Crippen LogP contribution is -2.49. The molecule has 1 aliphatic heterocycles. The molecule has 4 bridgehead atoms. The van der Waals surface area contributed by atoms with Crippen LogP contribution in [-0.4, -0.2) is 23.0 Å². The van der Waals surface area contributed by atoms with Crippen LogP contribution in [0.1, 0.15) is 45.4 Å². The highest BCUT2D eigenvalue weighted by atomic mass is 32.2. The van der Waals surface area contributed by atoms with Gasteiger partial charge in [-0.2, -0.15) is 5.10 Å². The second kappa shape index (κ2) is 4.65. The standard InChI is InChI=1S/C15H22N2O2S/c1-2-19-13(18)12-16-17-14(20-12)15-6-9-3-10(7-15)5-11(4-9)8-15/h9-12,16H,2-8H2,1H3. The number of nitrogens with zero attached hydrogens (tertiary/aromatic N) is 1. The van der Waals surface area contributed by atoms with Crippen molar-refractivity contribution >= 4 is 22.8 Å². The molecule has 4 saturated carbocycles. The minimum absolute atomic E-state index is 0.180. The van der Waals surface area contributed by atoms with Gasteiger partial charge < -0.3 is 4.74 Å². The zero-order chi connectivity index (χ0) is 13.7. The summed E-state index contributed by atoms with van der Waals surface area (Å²) in [7, 11) is 0. The number of hydrogen-bond acceptors (Lipinski definition) is 5. The average Bonchev–Trinajstić information content (AvgIpc) is 2.87. The van der Waals surface area contributed by atoms with Gasteiger partial charge in [0.2, 0.25) is 0 Å². The summed E-state index contributed by atoms with van der Waals surface area (Å²) in [6, 6.07) is 0. The molecule has 110 valence electrons. The van der Waals surface area contributed by atoms with E-state index in [2.05, 4.69) is 10.5 Å². The summed E-state index contributed by atoms with van der Waals surface area (Å²) in [6.07, 6.45) is 8.19. The number of carbonyl (C=O) groups excluding carboxylic acids is 1. The summed E-state index contributed by atoms with van der Waals surface area (Å²) in [4.78, 5) is 11.8. The van der Waals surface area contributed by atoms with Gasteiger partial charge in [0.05, 0.1) is 6.61 Å². The lowest BCUT2D eigenvalue weighted by atomic mass is 9.50. The predicted molar refractivity (Wildman–Crippen MR) is 79.2 cm³/mol. The maximum absolute atomic E-state index is 11.8. The van der Waals surface area contributed by atoms with E-state index in [1.807, 2.05) is 6.92 Å². The molecule has 0 aromatic heterocycles. The Hall–Kier alpha value is -0.710. The van der Waals surface area contributed by atoms with Crippen LogP contribution < -0.4 is 5.43 Å². The fraction of sp³-hybridized carbons (Fsp3) is 0.867. The molecule has 4 fully saturated rings. The number of ether oxygens (including phenoxy) is 1. The number of nitrogens with one attached hydrogen (secondary N) is 1. The Morgan fingerprint density at radius 1 is 1.30 bits per heavy atom. The number of carbonyl (C=O) groups is 1. The largest absolute Gasteiger partial charge is 0.464 e. The minimum atomic E-state index is -0.321. The molecule has 4 aliphatic carbocycles. The summed E-state index contributed by atoms with van der Waals surface area (Å²) in [6.45, 7) is 2.28. The molecule has 4 nitrogen and oxygen atoms in total. The van der Waals surface area contributed by atoms with Crippen LogP contribution in [0.4, 0.5) is 0 Å². The second-order valence-corrected chi connectivity index (χ2v) is 8.09. The van der Waals surface area contributed by atoms with Crippen molar-refractivity contribution in [1.29, 1.82) is 0 Å². The molecule has 0 amide bonds. The van der Waals surface area contributed by atoms with Crippen LogP contribution in [0.15, 0.2) is 5.10 Å². The fourth-order valence-electron chi connectivity index (χ4n) is 5.22. The molecular formula is C15H22N2O2S. The molecule has 0 spiro atoms. The zero-order valence-corrected chi connectivity index (χ0v) is 12.7. The van der Waals surface area contributed by atoms with E-state index >= 15 is 0 Å². The Balaban J connectivity index is 1.50. The summed E-state index contributed by atoms with van der Waals surface area (Å²) >= 11 is 1.61. The first kappa shape index (κ1) is 13.0. The molecule has 5 rings (SSSR count). The van der Waals surface area contributed by atoms with E-state index in [0.29, 0.717) is 6.61 Å². The first-order valence-electron chi connectivity index (χ1n) is 7.85. The van der Waals surface area contributed by atoms with Gasteiger partial charge >= 0.3 is 5.97 Å². The predicted octanol–water partition coefficient (Wildman–Crippen LogP) is 2.74. The summed E-state index contributed by atoms with van der Waals surface area (Å²) < 4.78 is 5.10. The smallest absolute Gasteiger partial charge is 0.341 e. The van der Waals surface area contributed by atoms with Crippen molar-refractivity contribution in [2.24, 2.45) is 28.3 Å². The normalized spacial score (nSPS) is 45.1. The van der Waals surface area contributed by atoms with E-state index in [0.717, 1.165) is 17.8 Å². The topological polar surface area (TPSA) is 50.7 Å². The molecule has 0 radical (unpaired) electrons. The molecule has 1 atom stereocenters. The molecular weight excluding hydrogens is 272 g/mol. The quantitative estimate of drug-likeness (QED) is 0.813. The Kier molecular flexibility index (Phi) is 3.02. The molecule has 1 N–H and O–H groups in total. The Morgan fingerprint density at radius 2 is 1.90 bits per heavy atom. The van der Waals surface area contributed by atoms with Crippen molar-refractivity contribution in [2.75, 3.05) is 6.61 Å². The van der Waals surface area contributed by atoms with E-state index < -0.39 is 0 Å². The third kappa shape index (κ3) is 1.97. The van der Waals surface area contributed by atoms with Crippen LogP contribution in [-0.2, 0) is 9.53 Å². The van der Waals surface area contributed by atoms with Crippen LogP contribution in [0.25, 0.3) is 0 Å². The van der Waals surface area contributed by atoms with Crippen LogP contribution >= 0.6 is 11.8 Å². The van der Waals surface area contributed by atoms with Gasteiger partial charge in [0.1, 0.15) is 5.04 Å². The molecule has 1 heterocycles. The van der Waals surface area contributed by atoms with Crippen molar-refractivity contribution in [3.05, 3.63) is 0 Å². The van der Waals surface area contributed by atoms with Crippen molar-refractivity contribution < 1.29 is 9.53 Å². The second-order valence-electron chi connectivity index (χ2n) is 6.99. The molecule has 0 aromatic carbocycles. The van der Waals surface area contributed by atoms with E-state index in [1.165, 1.54) is 43.6 Å². The lowest BCUT2D eigenvalue weighted by Gasteiger charge is -2.56. The number of hydrogen-bond donors (Lipinski definition) is 1. The average molecular weight is 294 g/mol. The van der Waals surface area contributed by atoms with Gasteiger partial charge in [0, 0.05) is 5.41 Å². The van der Waals surface area contributed by atoms with Crippen molar-refractivity contribution in [3.63, 3.8) is 0 Å². The highest BCUT2D eigenvalue weighted by Crippen LogP contribution is 2.62. The monoisotopic (exact) mass is 294 g/mol.